The van der Waals surface area contributed by atoms with Gasteiger partial charge in [-0.25, -0.2) is 0 Å². The average molecular weight is 238 g/mol. The van der Waals surface area contributed by atoms with E-state index in [1.807, 2.05) is 36.4 Å². The van der Waals surface area contributed by atoms with Crippen LogP contribution >= 0.6 is 0 Å². The summed E-state index contributed by atoms with van der Waals surface area (Å²) in [7, 11) is 0. The summed E-state index contributed by atoms with van der Waals surface area (Å²) < 4.78 is 0. The molecule has 0 bridgehead atoms. The molecule has 1 atom stereocenters. The Morgan fingerprint density at radius 1 is 1.17 bits per heavy atom. The molecule has 1 N–H and O–H groups in total. The van der Waals surface area contributed by atoms with Crippen LogP contribution in [0.4, 0.5) is 0 Å². The van der Waals surface area contributed by atoms with Crippen LogP contribution in [0.3, 0.4) is 0 Å². The maximum atomic E-state index is 9.25. The Bertz CT molecular complexity index is 561. The van der Waals surface area contributed by atoms with Gasteiger partial charge in [-0.2, -0.15) is 0 Å². The molecule has 0 saturated carbocycles. The van der Waals surface area contributed by atoms with Gasteiger partial charge in [-0.1, -0.05) is 29.4 Å². The van der Waals surface area contributed by atoms with Crippen LogP contribution in [0.5, 0.6) is 5.75 Å². The maximum absolute atomic E-state index is 9.25. The lowest BCUT2D eigenvalue weighted by Gasteiger charge is -2.06. The second-order valence-electron chi connectivity index (χ2n) is 4.20. The van der Waals surface area contributed by atoms with Crippen molar-refractivity contribution < 1.29 is 9.94 Å². The molecule has 0 aromatic heterocycles. The molecule has 1 aliphatic heterocycles. The van der Waals surface area contributed by atoms with Crippen molar-refractivity contribution in [1.29, 1.82) is 0 Å². The SMILES string of the molecule is Oc1ccc(C2=NOC(c3[c]cccc3)C2)cc1. The molecule has 1 aliphatic rings. The van der Waals surface area contributed by atoms with E-state index >= 15 is 0 Å². The topological polar surface area (TPSA) is 41.8 Å². The molecule has 2 aromatic carbocycles. The minimum Gasteiger partial charge on any atom is -0.508 e. The van der Waals surface area contributed by atoms with Crippen molar-refractivity contribution in [3.05, 3.63) is 65.7 Å². The van der Waals surface area contributed by atoms with E-state index in [0.29, 0.717) is 0 Å². The average Bonchev–Trinajstić information content (AvgIpc) is 2.90. The summed E-state index contributed by atoms with van der Waals surface area (Å²) in [6, 6.07) is 17.9. The van der Waals surface area contributed by atoms with E-state index < -0.39 is 0 Å². The molecule has 18 heavy (non-hydrogen) atoms. The van der Waals surface area contributed by atoms with Gasteiger partial charge in [0, 0.05) is 12.0 Å². The summed E-state index contributed by atoms with van der Waals surface area (Å²) >= 11 is 0. The number of phenols is 1. The fraction of sp³-hybridized carbons (Fsp3) is 0.133. The Balaban J connectivity index is 1.77. The number of phenolic OH excluding ortho intramolecular Hbond substituents is 1. The van der Waals surface area contributed by atoms with Crippen molar-refractivity contribution in [3.63, 3.8) is 0 Å². The first-order chi connectivity index (χ1) is 8.83. The lowest BCUT2D eigenvalue weighted by molar-refractivity contribution is 0.0855. The Hall–Kier alpha value is -2.29. The predicted octanol–water partition coefficient (Wildman–Crippen LogP) is 3.06. The molecule has 0 amide bonds. The fourth-order valence-electron chi connectivity index (χ4n) is 1.98. The van der Waals surface area contributed by atoms with Gasteiger partial charge >= 0.3 is 0 Å². The molecular weight excluding hydrogens is 226 g/mol. The van der Waals surface area contributed by atoms with Crippen LogP contribution in [0.1, 0.15) is 23.7 Å². The first kappa shape index (κ1) is 10.8. The highest BCUT2D eigenvalue weighted by Crippen LogP contribution is 2.29. The quantitative estimate of drug-likeness (QED) is 0.873. The summed E-state index contributed by atoms with van der Waals surface area (Å²) in [6.45, 7) is 0. The Morgan fingerprint density at radius 2 is 2.00 bits per heavy atom. The Labute approximate surface area is 105 Å². The van der Waals surface area contributed by atoms with E-state index in [1.54, 1.807) is 12.1 Å². The molecule has 0 saturated heterocycles. The van der Waals surface area contributed by atoms with Crippen LogP contribution in [0.25, 0.3) is 0 Å². The molecule has 0 fully saturated rings. The van der Waals surface area contributed by atoms with Gasteiger partial charge in [0.2, 0.25) is 0 Å². The van der Waals surface area contributed by atoms with Gasteiger partial charge in [0.1, 0.15) is 5.75 Å². The molecule has 1 unspecified atom stereocenters. The number of nitrogens with zero attached hydrogens (tertiary/aromatic N) is 1. The minimum atomic E-state index is -0.0602. The third kappa shape index (κ3) is 2.07. The lowest BCUT2D eigenvalue weighted by atomic mass is 10.0. The molecule has 0 aliphatic carbocycles. The highest BCUT2D eigenvalue weighted by molar-refractivity contribution is 6.01. The number of aromatic hydroxyl groups is 1. The van der Waals surface area contributed by atoms with E-state index in [2.05, 4.69) is 11.2 Å². The molecule has 1 heterocycles. The van der Waals surface area contributed by atoms with Crippen LogP contribution < -0.4 is 0 Å². The van der Waals surface area contributed by atoms with Crippen molar-refractivity contribution in [2.24, 2.45) is 5.16 Å². The minimum absolute atomic E-state index is 0.0602. The van der Waals surface area contributed by atoms with Gasteiger partial charge in [0.25, 0.3) is 0 Å². The third-order valence-corrected chi connectivity index (χ3v) is 2.95. The normalized spacial score (nSPS) is 18.2. The molecule has 0 spiro atoms. The molecule has 3 heteroatoms. The fourth-order valence-corrected chi connectivity index (χ4v) is 1.98. The summed E-state index contributed by atoms with van der Waals surface area (Å²) in [5.41, 5.74) is 2.89. The second-order valence-corrected chi connectivity index (χ2v) is 4.20. The first-order valence-electron chi connectivity index (χ1n) is 5.81. The number of oxime groups is 1. The predicted molar refractivity (Wildman–Crippen MR) is 68.4 cm³/mol. The smallest absolute Gasteiger partial charge is 0.158 e. The maximum Gasteiger partial charge on any atom is 0.158 e. The van der Waals surface area contributed by atoms with E-state index in [0.717, 1.165) is 23.3 Å². The highest BCUT2D eigenvalue weighted by Gasteiger charge is 2.23. The van der Waals surface area contributed by atoms with Crippen LogP contribution in [0, 0.1) is 6.07 Å². The second kappa shape index (κ2) is 4.53. The number of benzene rings is 2. The van der Waals surface area contributed by atoms with Crippen molar-refractivity contribution in [1.82, 2.24) is 0 Å². The number of hydrogen-bond donors (Lipinski definition) is 1. The summed E-state index contributed by atoms with van der Waals surface area (Å²) in [5.74, 6) is 0.256. The molecule has 3 nitrogen and oxygen atoms in total. The first-order valence-corrected chi connectivity index (χ1v) is 5.81. The third-order valence-electron chi connectivity index (χ3n) is 2.95. The monoisotopic (exact) mass is 238 g/mol. The van der Waals surface area contributed by atoms with E-state index in [-0.39, 0.29) is 11.9 Å². The van der Waals surface area contributed by atoms with Crippen LogP contribution in [-0.4, -0.2) is 10.8 Å². The van der Waals surface area contributed by atoms with Gasteiger partial charge in [-0.3, -0.25) is 0 Å². The van der Waals surface area contributed by atoms with E-state index in [9.17, 15) is 5.11 Å². The van der Waals surface area contributed by atoms with Crippen LogP contribution in [0.15, 0.2) is 53.7 Å². The Morgan fingerprint density at radius 3 is 2.72 bits per heavy atom. The zero-order valence-electron chi connectivity index (χ0n) is 9.71. The van der Waals surface area contributed by atoms with Gasteiger partial charge in [0.15, 0.2) is 6.10 Å². The number of rotatable bonds is 2. The lowest BCUT2D eigenvalue weighted by Crippen LogP contribution is -2.01. The van der Waals surface area contributed by atoms with Gasteiger partial charge in [-0.05, 0) is 35.9 Å². The number of hydrogen-bond acceptors (Lipinski definition) is 3. The van der Waals surface area contributed by atoms with E-state index in [1.165, 1.54) is 0 Å². The summed E-state index contributed by atoms with van der Waals surface area (Å²) in [5, 5.41) is 13.4. The zero-order chi connectivity index (χ0) is 12.4. The standard InChI is InChI=1S/C15H12NO2/c17-13-8-6-11(7-9-13)14-10-15(18-16-14)12-4-2-1-3-5-12/h1-4,6-9,15,17H,10H2. The van der Waals surface area contributed by atoms with Gasteiger partial charge in [0.05, 0.1) is 5.71 Å². The zero-order valence-corrected chi connectivity index (χ0v) is 9.71. The molecule has 2 aromatic rings. The van der Waals surface area contributed by atoms with Crippen molar-refractivity contribution in [3.8, 4) is 5.75 Å². The highest BCUT2D eigenvalue weighted by atomic mass is 16.6. The van der Waals surface area contributed by atoms with Crippen molar-refractivity contribution in [2.75, 3.05) is 0 Å². The van der Waals surface area contributed by atoms with E-state index in [4.69, 9.17) is 4.84 Å². The van der Waals surface area contributed by atoms with Crippen molar-refractivity contribution in [2.45, 2.75) is 12.5 Å². The largest absolute Gasteiger partial charge is 0.508 e. The molecular formula is C15H12NO2. The molecule has 1 radical (unpaired) electrons. The molecule has 3 rings (SSSR count). The van der Waals surface area contributed by atoms with Crippen molar-refractivity contribution >= 4 is 5.71 Å². The van der Waals surface area contributed by atoms with Gasteiger partial charge < -0.3 is 9.94 Å². The molecule has 89 valence electrons. The summed E-state index contributed by atoms with van der Waals surface area (Å²) in [6.07, 6.45) is 0.667. The van der Waals surface area contributed by atoms with Crippen LogP contribution in [-0.2, 0) is 4.84 Å². The Kier molecular flexibility index (Phi) is 2.73. The van der Waals surface area contributed by atoms with Gasteiger partial charge in [-0.15, -0.1) is 0 Å². The van der Waals surface area contributed by atoms with Crippen LogP contribution in [0.2, 0.25) is 0 Å². The summed E-state index contributed by atoms with van der Waals surface area (Å²) in [4.78, 5) is 5.43.